The number of anilines is 1. The number of hydrogen-bond acceptors (Lipinski definition) is 7. The summed E-state index contributed by atoms with van der Waals surface area (Å²) in [5, 5.41) is 8.70. The van der Waals surface area contributed by atoms with E-state index in [4.69, 9.17) is 20.2 Å². The Bertz CT molecular complexity index is 1290. The number of rotatable bonds is 5. The number of nitrogens with one attached hydrogen (secondary N) is 1. The Morgan fingerprint density at radius 2 is 2.19 bits per heavy atom. The highest BCUT2D eigenvalue weighted by Crippen LogP contribution is 2.29. The van der Waals surface area contributed by atoms with Crippen molar-refractivity contribution in [2.45, 2.75) is 32.0 Å². The second-order valence-electron chi connectivity index (χ2n) is 8.05. The van der Waals surface area contributed by atoms with Gasteiger partial charge in [-0.15, -0.1) is 0 Å². The van der Waals surface area contributed by atoms with Crippen LogP contribution >= 0.6 is 0 Å². The molecule has 5 rings (SSSR count). The van der Waals surface area contributed by atoms with E-state index in [1.807, 2.05) is 13.0 Å². The summed E-state index contributed by atoms with van der Waals surface area (Å²) >= 11 is 0. The quantitative estimate of drug-likeness (QED) is 0.496. The molecule has 0 saturated carbocycles. The molecule has 2 atom stereocenters. The SMILES string of the molecule is COC1COCCC1NCc1nc2c(-c3cnc4ccc(F)cc4c3)cnn2c(N)c1C. The molecule has 1 aliphatic heterocycles. The van der Waals surface area contributed by atoms with Crippen LogP contribution in [0.15, 0.2) is 36.7 Å². The van der Waals surface area contributed by atoms with Crippen LogP contribution in [-0.4, -0.2) is 52.1 Å². The van der Waals surface area contributed by atoms with E-state index in [1.54, 1.807) is 30.1 Å². The fourth-order valence-electron chi connectivity index (χ4n) is 4.18. The lowest BCUT2D eigenvalue weighted by Crippen LogP contribution is -2.47. The van der Waals surface area contributed by atoms with Crippen molar-refractivity contribution < 1.29 is 13.9 Å². The van der Waals surface area contributed by atoms with Crippen LogP contribution in [0.3, 0.4) is 0 Å². The minimum Gasteiger partial charge on any atom is -0.383 e. The highest BCUT2D eigenvalue weighted by Gasteiger charge is 2.25. The Kier molecular flexibility index (Phi) is 5.46. The van der Waals surface area contributed by atoms with Crippen molar-refractivity contribution in [3.05, 3.63) is 53.7 Å². The van der Waals surface area contributed by atoms with E-state index in [-0.39, 0.29) is 18.0 Å². The first-order chi connectivity index (χ1) is 15.5. The Morgan fingerprint density at radius 1 is 1.31 bits per heavy atom. The van der Waals surface area contributed by atoms with Gasteiger partial charge in [0.15, 0.2) is 5.65 Å². The molecule has 8 nitrogen and oxygen atoms in total. The summed E-state index contributed by atoms with van der Waals surface area (Å²) in [6.45, 7) is 3.76. The number of nitrogen functional groups attached to an aromatic ring is 1. The normalized spacial score (nSPS) is 19.1. The predicted octanol–water partition coefficient (Wildman–Crippen LogP) is 2.87. The number of aromatic nitrogens is 4. The zero-order chi connectivity index (χ0) is 22.2. The predicted molar refractivity (Wildman–Crippen MR) is 120 cm³/mol. The first-order valence-electron chi connectivity index (χ1n) is 10.6. The fourth-order valence-corrected chi connectivity index (χ4v) is 4.18. The third-order valence-corrected chi connectivity index (χ3v) is 6.12. The maximum absolute atomic E-state index is 13.7. The third kappa shape index (κ3) is 3.68. The van der Waals surface area contributed by atoms with Gasteiger partial charge in [0.2, 0.25) is 0 Å². The first-order valence-corrected chi connectivity index (χ1v) is 10.6. The molecule has 1 saturated heterocycles. The van der Waals surface area contributed by atoms with Gasteiger partial charge in [0.05, 0.1) is 30.1 Å². The largest absolute Gasteiger partial charge is 0.383 e. The van der Waals surface area contributed by atoms with Crippen LogP contribution in [0.4, 0.5) is 10.2 Å². The van der Waals surface area contributed by atoms with Crippen molar-refractivity contribution in [2.24, 2.45) is 0 Å². The van der Waals surface area contributed by atoms with Gasteiger partial charge in [-0.1, -0.05) is 0 Å². The van der Waals surface area contributed by atoms with Crippen molar-refractivity contribution in [3.8, 4) is 11.1 Å². The molecule has 3 aromatic heterocycles. The molecular formula is C23H25FN6O2. The molecule has 0 radical (unpaired) electrons. The van der Waals surface area contributed by atoms with Crippen molar-refractivity contribution in [1.82, 2.24) is 24.9 Å². The van der Waals surface area contributed by atoms with Gasteiger partial charge in [0.1, 0.15) is 11.6 Å². The number of fused-ring (bicyclic) bond motifs is 2. The molecule has 3 N–H and O–H groups in total. The first kappa shape index (κ1) is 20.7. The molecule has 0 amide bonds. The smallest absolute Gasteiger partial charge is 0.165 e. The van der Waals surface area contributed by atoms with E-state index < -0.39 is 0 Å². The number of hydrogen-bond donors (Lipinski definition) is 2. The average Bonchev–Trinajstić information content (AvgIpc) is 3.24. The molecule has 0 aliphatic carbocycles. The summed E-state index contributed by atoms with van der Waals surface area (Å²) in [6, 6.07) is 6.61. The maximum Gasteiger partial charge on any atom is 0.165 e. The highest BCUT2D eigenvalue weighted by molar-refractivity contribution is 5.87. The summed E-state index contributed by atoms with van der Waals surface area (Å²) < 4.78 is 26.4. The van der Waals surface area contributed by atoms with Crippen LogP contribution < -0.4 is 11.1 Å². The van der Waals surface area contributed by atoms with Crippen molar-refractivity contribution in [1.29, 1.82) is 0 Å². The molecular weight excluding hydrogens is 411 g/mol. The molecule has 4 heterocycles. The van der Waals surface area contributed by atoms with Crippen LogP contribution in [-0.2, 0) is 16.0 Å². The molecule has 2 unspecified atom stereocenters. The molecule has 1 aromatic carbocycles. The van der Waals surface area contributed by atoms with Crippen LogP contribution in [0, 0.1) is 12.7 Å². The Balaban J connectivity index is 1.51. The summed E-state index contributed by atoms with van der Waals surface area (Å²) in [4.78, 5) is 9.35. The minimum absolute atomic E-state index is 0.000248. The Labute approximate surface area is 184 Å². The lowest BCUT2D eigenvalue weighted by Gasteiger charge is -2.31. The van der Waals surface area contributed by atoms with Gasteiger partial charge < -0.3 is 20.5 Å². The maximum atomic E-state index is 13.7. The highest BCUT2D eigenvalue weighted by atomic mass is 19.1. The number of benzene rings is 1. The van der Waals surface area contributed by atoms with E-state index >= 15 is 0 Å². The number of nitrogens with zero attached hydrogens (tertiary/aromatic N) is 4. The van der Waals surface area contributed by atoms with Gasteiger partial charge in [0.25, 0.3) is 0 Å². The van der Waals surface area contributed by atoms with Crippen molar-refractivity contribution in [2.75, 3.05) is 26.1 Å². The zero-order valence-electron chi connectivity index (χ0n) is 18.0. The van der Waals surface area contributed by atoms with Crippen LogP contribution in [0.5, 0.6) is 0 Å². The monoisotopic (exact) mass is 436 g/mol. The van der Waals surface area contributed by atoms with E-state index in [0.717, 1.165) is 34.3 Å². The molecule has 0 spiro atoms. The minimum atomic E-state index is -0.301. The molecule has 0 bridgehead atoms. The van der Waals surface area contributed by atoms with Gasteiger partial charge >= 0.3 is 0 Å². The molecule has 9 heteroatoms. The van der Waals surface area contributed by atoms with Crippen LogP contribution in [0.2, 0.25) is 0 Å². The average molecular weight is 436 g/mol. The van der Waals surface area contributed by atoms with E-state index in [9.17, 15) is 4.39 Å². The molecule has 166 valence electrons. The van der Waals surface area contributed by atoms with E-state index in [1.165, 1.54) is 12.1 Å². The topological polar surface area (TPSA) is 99.6 Å². The number of halogens is 1. The second kappa shape index (κ2) is 8.42. The van der Waals surface area contributed by atoms with Gasteiger partial charge in [-0.3, -0.25) is 4.98 Å². The zero-order valence-corrected chi connectivity index (χ0v) is 18.0. The lowest BCUT2D eigenvalue weighted by molar-refractivity contribution is -0.0502. The summed E-state index contributed by atoms with van der Waals surface area (Å²) in [6.07, 6.45) is 4.33. The third-order valence-electron chi connectivity index (χ3n) is 6.12. The number of nitrogens with two attached hydrogens (primary N) is 1. The second-order valence-corrected chi connectivity index (χ2v) is 8.05. The summed E-state index contributed by atoms with van der Waals surface area (Å²) in [5.41, 5.74) is 11.1. The molecule has 1 aliphatic rings. The summed E-state index contributed by atoms with van der Waals surface area (Å²) in [7, 11) is 1.70. The van der Waals surface area contributed by atoms with Crippen LogP contribution in [0.25, 0.3) is 27.7 Å². The van der Waals surface area contributed by atoms with Gasteiger partial charge in [0, 0.05) is 54.6 Å². The Hall–Kier alpha value is -3.14. The number of methoxy groups -OCH3 is 1. The molecule has 4 aromatic rings. The number of pyridine rings is 1. The standard InChI is InChI=1S/C23H25FN6O2/c1-13-20(11-27-19-5-6-32-12-21(19)31-2)29-23-17(10-28-30(23)22(13)25)15-7-14-8-16(24)3-4-18(14)26-9-15/h3-4,7-10,19,21,27H,5-6,11-12,25H2,1-2H3. The van der Waals surface area contributed by atoms with Gasteiger partial charge in [-0.05, 0) is 37.6 Å². The molecule has 32 heavy (non-hydrogen) atoms. The van der Waals surface area contributed by atoms with Crippen LogP contribution in [0.1, 0.15) is 17.7 Å². The van der Waals surface area contributed by atoms with E-state index in [0.29, 0.717) is 36.6 Å². The summed E-state index contributed by atoms with van der Waals surface area (Å²) in [5.74, 6) is 0.234. The fraction of sp³-hybridized carbons (Fsp3) is 0.348. The Morgan fingerprint density at radius 3 is 3.03 bits per heavy atom. The van der Waals surface area contributed by atoms with Gasteiger partial charge in [-0.25, -0.2) is 9.37 Å². The van der Waals surface area contributed by atoms with E-state index in [2.05, 4.69) is 15.4 Å². The number of ether oxygens (including phenoxy) is 2. The van der Waals surface area contributed by atoms with Crippen molar-refractivity contribution in [3.63, 3.8) is 0 Å². The van der Waals surface area contributed by atoms with Gasteiger partial charge in [-0.2, -0.15) is 9.61 Å². The lowest BCUT2D eigenvalue weighted by atomic mass is 10.1. The van der Waals surface area contributed by atoms with Crippen molar-refractivity contribution >= 4 is 22.4 Å². The molecule has 1 fully saturated rings.